The molecule has 0 unspecified atom stereocenters. The number of hydrogen-bond donors (Lipinski definition) is 1. The van der Waals surface area contributed by atoms with Gasteiger partial charge in [0.2, 0.25) is 0 Å². The van der Waals surface area contributed by atoms with Crippen molar-refractivity contribution in [3.8, 4) is 0 Å². The van der Waals surface area contributed by atoms with Crippen LogP contribution in [-0.4, -0.2) is 18.0 Å². The van der Waals surface area contributed by atoms with E-state index in [-0.39, 0.29) is 11.6 Å². The van der Waals surface area contributed by atoms with E-state index in [4.69, 9.17) is 4.42 Å². The molecule has 0 saturated heterocycles. The van der Waals surface area contributed by atoms with Crippen LogP contribution in [0, 0.1) is 0 Å². The molecular formula is C9H11N3O3S. The van der Waals surface area contributed by atoms with Crippen LogP contribution in [0.15, 0.2) is 40.4 Å². The molecule has 0 aliphatic carbocycles. The van der Waals surface area contributed by atoms with Gasteiger partial charge in [0.25, 0.3) is 10.0 Å². The second kappa shape index (κ2) is 4.11. The minimum atomic E-state index is -3.56. The van der Waals surface area contributed by atoms with Crippen molar-refractivity contribution >= 4 is 10.0 Å². The molecule has 2 aromatic heterocycles. The minimum absolute atomic E-state index is 0.00144. The fourth-order valence-electron chi connectivity index (χ4n) is 1.18. The van der Waals surface area contributed by atoms with Crippen LogP contribution >= 0.6 is 0 Å². The van der Waals surface area contributed by atoms with Crippen LogP contribution in [0.4, 0.5) is 0 Å². The lowest BCUT2D eigenvalue weighted by Gasteiger charge is -2.01. The van der Waals surface area contributed by atoms with Gasteiger partial charge in [-0.1, -0.05) is 0 Å². The Balaban J connectivity index is 2.09. The number of imidazole rings is 1. The number of nitrogens with zero attached hydrogens (tertiary/aromatic N) is 2. The van der Waals surface area contributed by atoms with Gasteiger partial charge < -0.3 is 8.98 Å². The molecule has 0 aliphatic rings. The van der Waals surface area contributed by atoms with Gasteiger partial charge >= 0.3 is 0 Å². The summed E-state index contributed by atoms with van der Waals surface area (Å²) in [7, 11) is -1.85. The van der Waals surface area contributed by atoms with Crippen molar-refractivity contribution in [1.29, 1.82) is 0 Å². The maximum absolute atomic E-state index is 11.7. The average Bonchev–Trinajstić information content (AvgIpc) is 2.85. The Hall–Kier alpha value is -1.60. The summed E-state index contributed by atoms with van der Waals surface area (Å²) in [6, 6.07) is 3.39. The van der Waals surface area contributed by atoms with Crippen molar-refractivity contribution in [2.24, 2.45) is 7.05 Å². The van der Waals surface area contributed by atoms with E-state index in [1.165, 1.54) is 18.8 Å². The highest BCUT2D eigenvalue weighted by atomic mass is 32.2. The molecule has 0 aromatic carbocycles. The summed E-state index contributed by atoms with van der Waals surface area (Å²) in [6.45, 7) is 0.117. The van der Waals surface area contributed by atoms with Crippen LogP contribution in [0.5, 0.6) is 0 Å². The first-order valence-corrected chi connectivity index (χ1v) is 6.06. The molecule has 0 bridgehead atoms. The second-order valence-corrected chi connectivity index (χ2v) is 5.00. The van der Waals surface area contributed by atoms with E-state index < -0.39 is 10.0 Å². The van der Waals surface area contributed by atoms with Gasteiger partial charge in [-0.3, -0.25) is 0 Å². The Bertz CT molecular complexity index is 557. The molecule has 2 rings (SSSR count). The molecule has 1 N–H and O–H groups in total. The zero-order valence-corrected chi connectivity index (χ0v) is 9.44. The molecule has 16 heavy (non-hydrogen) atoms. The first-order valence-electron chi connectivity index (χ1n) is 4.58. The lowest BCUT2D eigenvalue weighted by atomic mass is 10.5. The Labute approximate surface area is 93.0 Å². The van der Waals surface area contributed by atoms with Crippen molar-refractivity contribution in [3.05, 3.63) is 36.7 Å². The molecule has 0 spiro atoms. The molecule has 0 atom stereocenters. The smallest absolute Gasteiger partial charge is 0.259 e. The largest absolute Gasteiger partial charge is 0.468 e. The summed E-state index contributed by atoms with van der Waals surface area (Å²) in [5.74, 6) is 0.555. The summed E-state index contributed by atoms with van der Waals surface area (Å²) in [5, 5.41) is 0.00144. The van der Waals surface area contributed by atoms with Gasteiger partial charge in [-0.2, -0.15) is 0 Å². The number of nitrogens with one attached hydrogen (secondary N) is 1. The van der Waals surface area contributed by atoms with E-state index in [2.05, 4.69) is 9.71 Å². The summed E-state index contributed by atoms with van der Waals surface area (Å²) >= 11 is 0. The number of furan rings is 1. The highest BCUT2D eigenvalue weighted by Crippen LogP contribution is 2.06. The van der Waals surface area contributed by atoms with E-state index in [9.17, 15) is 8.42 Å². The quantitative estimate of drug-likeness (QED) is 0.845. The number of aromatic nitrogens is 2. The molecule has 7 heteroatoms. The standard InChI is InChI=1S/C9H11N3O3S/c1-12-6-9(10-7-12)16(13,14)11-5-8-3-2-4-15-8/h2-4,6-7,11H,5H2,1H3. The number of aryl methyl sites for hydroxylation is 1. The molecule has 0 radical (unpaired) electrons. The lowest BCUT2D eigenvalue weighted by molar-refractivity contribution is 0.498. The molecule has 0 fully saturated rings. The van der Waals surface area contributed by atoms with Gasteiger partial charge in [-0.25, -0.2) is 18.1 Å². The third-order valence-electron chi connectivity index (χ3n) is 1.97. The molecule has 0 amide bonds. The molecular weight excluding hydrogens is 230 g/mol. The third kappa shape index (κ3) is 2.31. The first kappa shape index (κ1) is 10.9. The lowest BCUT2D eigenvalue weighted by Crippen LogP contribution is -2.23. The fraction of sp³-hybridized carbons (Fsp3) is 0.222. The maximum Gasteiger partial charge on any atom is 0.259 e. The van der Waals surface area contributed by atoms with E-state index in [1.807, 2.05) is 0 Å². The number of rotatable bonds is 4. The van der Waals surface area contributed by atoms with Crippen molar-refractivity contribution in [2.45, 2.75) is 11.6 Å². The highest BCUT2D eigenvalue weighted by Gasteiger charge is 2.16. The summed E-state index contributed by atoms with van der Waals surface area (Å²) in [4.78, 5) is 3.77. The van der Waals surface area contributed by atoms with Crippen molar-refractivity contribution in [3.63, 3.8) is 0 Å². The fourth-order valence-corrected chi connectivity index (χ4v) is 2.15. The molecule has 0 aliphatic heterocycles. The Kier molecular flexibility index (Phi) is 2.80. The molecule has 86 valence electrons. The Morgan fingerprint density at radius 3 is 2.94 bits per heavy atom. The molecule has 6 nitrogen and oxygen atoms in total. The van der Waals surface area contributed by atoms with Crippen molar-refractivity contribution < 1.29 is 12.8 Å². The normalized spacial score (nSPS) is 11.8. The van der Waals surface area contributed by atoms with Gasteiger partial charge in [0, 0.05) is 13.2 Å². The second-order valence-electron chi connectivity index (χ2n) is 3.28. The van der Waals surface area contributed by atoms with Crippen LogP contribution in [0.1, 0.15) is 5.76 Å². The molecule has 2 aromatic rings. The highest BCUT2D eigenvalue weighted by molar-refractivity contribution is 7.89. The maximum atomic E-state index is 11.7. The van der Waals surface area contributed by atoms with E-state index in [1.54, 1.807) is 23.7 Å². The van der Waals surface area contributed by atoms with Gasteiger partial charge in [0.15, 0.2) is 5.03 Å². The summed E-state index contributed by atoms with van der Waals surface area (Å²) in [5.41, 5.74) is 0. The SMILES string of the molecule is Cn1cnc(S(=O)(=O)NCc2ccco2)c1. The number of sulfonamides is 1. The van der Waals surface area contributed by atoms with Gasteiger partial charge in [-0.05, 0) is 12.1 Å². The predicted molar refractivity (Wildman–Crippen MR) is 55.9 cm³/mol. The monoisotopic (exact) mass is 241 g/mol. The predicted octanol–water partition coefficient (Wildman–Crippen LogP) is 0.492. The van der Waals surface area contributed by atoms with Crippen LogP contribution in [0.3, 0.4) is 0 Å². The topological polar surface area (TPSA) is 77.1 Å². The van der Waals surface area contributed by atoms with Gasteiger partial charge in [-0.15, -0.1) is 0 Å². The van der Waals surface area contributed by atoms with E-state index in [0.717, 1.165) is 0 Å². The van der Waals surface area contributed by atoms with Crippen molar-refractivity contribution in [1.82, 2.24) is 14.3 Å². The first-order chi connectivity index (χ1) is 7.58. The molecule has 2 heterocycles. The zero-order valence-electron chi connectivity index (χ0n) is 8.62. The summed E-state index contributed by atoms with van der Waals surface area (Å²) < 4.78 is 32.4. The van der Waals surface area contributed by atoms with Crippen LogP contribution in [-0.2, 0) is 23.6 Å². The third-order valence-corrected chi connectivity index (χ3v) is 3.26. The van der Waals surface area contributed by atoms with Crippen LogP contribution in [0.2, 0.25) is 0 Å². The van der Waals surface area contributed by atoms with Gasteiger partial charge in [0.1, 0.15) is 5.76 Å². The molecule has 0 saturated carbocycles. The Morgan fingerprint density at radius 2 is 2.38 bits per heavy atom. The summed E-state index contributed by atoms with van der Waals surface area (Å²) in [6.07, 6.45) is 4.36. The Morgan fingerprint density at radius 1 is 1.56 bits per heavy atom. The average molecular weight is 241 g/mol. The minimum Gasteiger partial charge on any atom is -0.468 e. The van der Waals surface area contributed by atoms with Crippen LogP contribution < -0.4 is 4.72 Å². The van der Waals surface area contributed by atoms with Crippen LogP contribution in [0.25, 0.3) is 0 Å². The van der Waals surface area contributed by atoms with Gasteiger partial charge in [0.05, 0.1) is 19.1 Å². The van der Waals surface area contributed by atoms with Crippen molar-refractivity contribution in [2.75, 3.05) is 0 Å². The van der Waals surface area contributed by atoms with E-state index in [0.29, 0.717) is 5.76 Å². The zero-order chi connectivity index (χ0) is 11.6. The number of hydrogen-bond acceptors (Lipinski definition) is 4. The van der Waals surface area contributed by atoms with E-state index >= 15 is 0 Å².